The molecule has 0 radical (unpaired) electrons. The molecule has 4 rings (SSSR count). The summed E-state index contributed by atoms with van der Waals surface area (Å²) in [6.45, 7) is 3.05. The number of ketones is 2. The van der Waals surface area contributed by atoms with Gasteiger partial charge in [0.15, 0.2) is 11.4 Å². The summed E-state index contributed by atoms with van der Waals surface area (Å²) in [6, 6.07) is 0.961. The number of carbonyl (C=O) groups excluding carboxylic acids is 4. The van der Waals surface area contributed by atoms with Crippen molar-refractivity contribution in [3.05, 3.63) is 50.8 Å². The molecule has 6 atom stereocenters. The van der Waals surface area contributed by atoms with Crippen LogP contribution in [0, 0.1) is 16.7 Å². The van der Waals surface area contributed by atoms with Gasteiger partial charge in [-0.3, -0.25) is 24.1 Å². The molecule has 0 spiro atoms. The highest BCUT2D eigenvalue weighted by atomic mass is 16.6. The van der Waals surface area contributed by atoms with E-state index in [-0.39, 0.29) is 12.0 Å². The Balaban J connectivity index is 2.12. The highest BCUT2D eigenvalue weighted by Gasteiger charge is 2.68. The van der Waals surface area contributed by atoms with Crippen molar-refractivity contribution >= 4 is 29.1 Å². The van der Waals surface area contributed by atoms with Crippen LogP contribution in [0.5, 0.6) is 5.75 Å². The van der Waals surface area contributed by atoms with Gasteiger partial charge in [-0.05, 0) is 25.6 Å². The highest BCUT2D eigenvalue weighted by Crippen LogP contribution is 2.57. The number of nitrogens with zero attached hydrogens (tertiary/aromatic N) is 2. The Hall–Kier alpha value is -4.30. The van der Waals surface area contributed by atoms with E-state index < -0.39 is 104 Å². The van der Waals surface area contributed by atoms with Crippen LogP contribution in [-0.2, 0) is 19.1 Å². The number of Topliss-reactive ketones (excluding diaryl/α,β-unsaturated/α-hetero) is 2. The number of hydrogen-bond donors (Lipinski definition) is 6. The van der Waals surface area contributed by atoms with Crippen LogP contribution in [-0.4, -0.2) is 90.7 Å². The Morgan fingerprint density at radius 2 is 1.79 bits per heavy atom. The topological polar surface area (TPSA) is 228 Å². The molecule has 0 aliphatic heterocycles. The van der Waals surface area contributed by atoms with E-state index in [1.54, 1.807) is 6.92 Å². The molecule has 7 N–H and O–H groups in total. The molecule has 39 heavy (non-hydrogen) atoms. The summed E-state index contributed by atoms with van der Waals surface area (Å²) in [6.07, 6.45) is -1.67. The molecule has 1 aromatic rings. The minimum atomic E-state index is -3.07. The summed E-state index contributed by atoms with van der Waals surface area (Å²) in [7, 11) is 2.89. The van der Waals surface area contributed by atoms with Gasteiger partial charge in [0, 0.05) is 24.0 Å². The molecule has 0 saturated carbocycles. The summed E-state index contributed by atoms with van der Waals surface area (Å²) >= 11 is 0. The number of likely N-dealkylation sites (N-methyl/N-ethyl adjacent to an activating group) is 1. The fourth-order valence-electron chi connectivity index (χ4n) is 6.11. The van der Waals surface area contributed by atoms with E-state index in [9.17, 15) is 49.7 Å². The van der Waals surface area contributed by atoms with E-state index in [0.717, 1.165) is 6.07 Å². The number of aliphatic hydroxyl groups is 3. The Morgan fingerprint density at radius 3 is 2.31 bits per heavy atom. The number of primary amides is 1. The number of rotatable bonds is 5. The number of carbonyl (C=O) groups is 4. The molecule has 3 aliphatic rings. The standard InChI is InChI=1S/C25H27N3O11/c1-5-11(29)39-21-12-8(2)9-6-7-10(28(37)38)18(30)13(9)19(31)14(12)22(33)25(36)16(21)17(27(3)4)20(32)15(23(25)34)24(26)35/h6-8,12,16-17,21,36H,5H2,1-4H3,(H5-,26,30,31,32,33,34,35,37,38)/p+1/t8-,12+,16+,17-,21-,25-/m0/s1. The Kier molecular flexibility index (Phi) is 6.52. The van der Waals surface area contributed by atoms with Crippen LogP contribution >= 0.6 is 0 Å². The van der Waals surface area contributed by atoms with Gasteiger partial charge < -0.3 is 30.9 Å². The van der Waals surface area contributed by atoms with E-state index in [1.807, 2.05) is 0 Å². The average Bonchev–Trinajstić information content (AvgIpc) is 2.84. The number of aromatic hydroxyl groups is 1. The number of phenolic OH excluding ortho intramolecular Hbond substituents is 1. The lowest BCUT2D eigenvalue weighted by Crippen LogP contribution is -2.69. The van der Waals surface area contributed by atoms with Crippen LogP contribution in [0.3, 0.4) is 0 Å². The van der Waals surface area contributed by atoms with Crippen molar-refractivity contribution in [3.8, 4) is 5.75 Å². The van der Waals surface area contributed by atoms with E-state index >= 15 is 0 Å². The molecular formula is C25H28N3O11+. The minimum absolute atomic E-state index is 0.146. The smallest absolute Gasteiger partial charge is 0.358 e. The van der Waals surface area contributed by atoms with E-state index in [2.05, 4.69) is 0 Å². The van der Waals surface area contributed by atoms with Gasteiger partial charge in [0.25, 0.3) is 10.8 Å². The molecule has 14 heteroatoms. The number of hydrogen-bond acceptors (Lipinski definition) is 11. The number of benzene rings is 1. The minimum Gasteiger partial charge on any atom is -0.510 e. The maximum Gasteiger partial charge on any atom is 0.358 e. The monoisotopic (exact) mass is 546 g/mol. The largest absolute Gasteiger partial charge is 0.510 e. The number of fused-ring (bicyclic) bond motifs is 3. The third-order valence-electron chi connectivity index (χ3n) is 7.84. The predicted octanol–water partition coefficient (Wildman–Crippen LogP) is 0.413. The van der Waals surface area contributed by atoms with Crippen LogP contribution in [0.2, 0.25) is 0 Å². The lowest BCUT2D eigenvalue weighted by atomic mass is 9.55. The molecule has 0 bridgehead atoms. The van der Waals surface area contributed by atoms with Crippen molar-refractivity contribution < 1.29 is 54.5 Å². The molecule has 14 nitrogen and oxygen atoms in total. The van der Waals surface area contributed by atoms with Crippen molar-refractivity contribution in [3.63, 3.8) is 0 Å². The molecule has 0 saturated heterocycles. The zero-order valence-electron chi connectivity index (χ0n) is 21.4. The summed E-state index contributed by atoms with van der Waals surface area (Å²) in [5.74, 6) is -11.4. The molecule has 0 unspecified atom stereocenters. The van der Waals surface area contributed by atoms with Crippen LogP contribution in [0.4, 0.5) is 5.69 Å². The first-order chi connectivity index (χ1) is 18.1. The highest BCUT2D eigenvalue weighted by molar-refractivity contribution is 6.25. The fraction of sp³-hybridized carbons (Fsp3) is 0.440. The first-order valence-corrected chi connectivity index (χ1v) is 12.0. The van der Waals surface area contributed by atoms with E-state index in [4.69, 9.17) is 10.5 Å². The van der Waals surface area contributed by atoms with E-state index in [1.165, 1.54) is 32.0 Å². The fourth-order valence-corrected chi connectivity index (χ4v) is 6.11. The molecule has 208 valence electrons. The maximum absolute atomic E-state index is 13.8. The third-order valence-corrected chi connectivity index (χ3v) is 7.84. The first-order valence-electron chi connectivity index (χ1n) is 12.0. The molecule has 3 aliphatic carbocycles. The zero-order chi connectivity index (χ0) is 29.3. The Bertz CT molecular complexity index is 1410. The van der Waals surface area contributed by atoms with Gasteiger partial charge in [-0.25, -0.2) is 5.21 Å². The predicted molar refractivity (Wildman–Crippen MR) is 129 cm³/mol. The molecular weight excluding hydrogens is 518 g/mol. The van der Waals surface area contributed by atoms with Crippen LogP contribution in [0.25, 0.3) is 0 Å². The summed E-state index contributed by atoms with van der Waals surface area (Å²) in [5, 5.41) is 54.4. The van der Waals surface area contributed by atoms with Gasteiger partial charge in [0.05, 0.1) is 22.4 Å². The summed E-state index contributed by atoms with van der Waals surface area (Å²) in [5.41, 5.74) is -0.368. The van der Waals surface area contributed by atoms with Gasteiger partial charge in [-0.1, -0.05) is 19.9 Å². The summed E-state index contributed by atoms with van der Waals surface area (Å²) < 4.78 is 5.71. The van der Waals surface area contributed by atoms with E-state index in [0.29, 0.717) is 0 Å². The Labute approximate surface area is 221 Å². The number of nitrogens with two attached hydrogens (primary N) is 1. The van der Waals surface area contributed by atoms with Crippen molar-refractivity contribution in [1.29, 1.82) is 0 Å². The molecule has 1 amide bonds. The summed E-state index contributed by atoms with van der Waals surface area (Å²) in [4.78, 5) is 64.4. The lowest BCUT2D eigenvalue weighted by molar-refractivity contribution is -0.730. The average molecular weight is 547 g/mol. The number of amides is 1. The number of ether oxygens (including phenoxy) is 1. The second-order valence-corrected chi connectivity index (χ2v) is 10.0. The molecule has 0 heterocycles. The van der Waals surface area contributed by atoms with Gasteiger partial charge in [0.2, 0.25) is 11.5 Å². The number of phenols is 1. The quantitative estimate of drug-likeness (QED) is 0.168. The van der Waals surface area contributed by atoms with Crippen molar-refractivity contribution in [2.24, 2.45) is 17.6 Å². The van der Waals surface area contributed by atoms with Gasteiger partial charge >= 0.3 is 11.7 Å². The third kappa shape index (κ3) is 3.62. The number of esters is 1. The van der Waals surface area contributed by atoms with Gasteiger partial charge in [-0.2, -0.15) is 0 Å². The van der Waals surface area contributed by atoms with Crippen LogP contribution < -0.4 is 5.73 Å². The van der Waals surface area contributed by atoms with Crippen LogP contribution in [0.1, 0.15) is 42.1 Å². The van der Waals surface area contributed by atoms with Crippen molar-refractivity contribution in [2.75, 3.05) is 14.1 Å². The molecule has 1 aromatic carbocycles. The number of aliphatic hydroxyl groups excluding tert-OH is 2. The zero-order valence-corrected chi connectivity index (χ0v) is 21.4. The van der Waals surface area contributed by atoms with Crippen molar-refractivity contribution in [2.45, 2.75) is 43.9 Å². The van der Waals surface area contributed by atoms with Gasteiger partial charge in [0.1, 0.15) is 23.2 Å². The second-order valence-electron chi connectivity index (χ2n) is 10.0. The van der Waals surface area contributed by atoms with Crippen molar-refractivity contribution in [1.82, 2.24) is 4.90 Å². The first kappa shape index (κ1) is 27.7. The molecule has 0 fully saturated rings. The SMILES string of the molecule is CCC(=O)O[C@H]1[C@H]2C(=C(O)[C@]3(O)C(=O)C(C(N)=O)=C(O)[C@@H](N(C)C)[C@H]13)C(=O)c1c(ccc([N+](=O)O)c1O)[C@@H]2C. The second kappa shape index (κ2) is 9.17. The molecule has 0 aromatic heterocycles. The van der Waals surface area contributed by atoms with Gasteiger partial charge in [-0.15, -0.1) is 0 Å². The normalized spacial score (nSPS) is 30.1. The Morgan fingerprint density at radius 1 is 1.18 bits per heavy atom. The maximum atomic E-state index is 13.8. The lowest BCUT2D eigenvalue weighted by Gasteiger charge is -2.54. The van der Waals surface area contributed by atoms with Crippen LogP contribution in [0.15, 0.2) is 34.8 Å².